The molecule has 0 aliphatic carbocycles. The van der Waals surface area contributed by atoms with Crippen LogP contribution in [-0.4, -0.2) is 36.1 Å². The van der Waals surface area contributed by atoms with Crippen LogP contribution in [0.25, 0.3) is 0 Å². The Kier molecular flexibility index (Phi) is 7.17. The molecule has 24 heavy (non-hydrogen) atoms. The molecule has 2 aromatic heterocycles. The average molecular weight is 366 g/mol. The summed E-state index contributed by atoms with van der Waals surface area (Å²) in [5, 5.41) is 9.08. The highest BCUT2D eigenvalue weighted by Crippen LogP contribution is 2.18. The number of aliphatic imine (C=N–C) groups is 1. The second kappa shape index (κ2) is 9.13. The van der Waals surface area contributed by atoms with Crippen molar-refractivity contribution in [1.29, 1.82) is 0 Å². The van der Waals surface area contributed by atoms with Gasteiger partial charge in [0.15, 0.2) is 5.96 Å². The molecule has 0 amide bonds. The Morgan fingerprint density at radius 2 is 1.54 bits per heavy atom. The lowest BCUT2D eigenvalue weighted by atomic mass is 10.3. The van der Waals surface area contributed by atoms with E-state index in [4.69, 9.17) is 0 Å². The molecule has 2 aromatic rings. The van der Waals surface area contributed by atoms with Gasteiger partial charge in [-0.1, -0.05) is 6.92 Å². The van der Waals surface area contributed by atoms with Crippen LogP contribution < -0.4 is 10.6 Å². The molecule has 0 aromatic carbocycles. The molecule has 0 fully saturated rings. The zero-order chi connectivity index (χ0) is 17.5. The number of nitrogens with zero attached hydrogens (tertiary/aromatic N) is 3. The summed E-state index contributed by atoms with van der Waals surface area (Å²) in [7, 11) is 1.80. The van der Waals surface area contributed by atoms with Gasteiger partial charge < -0.3 is 10.6 Å². The quantitative estimate of drug-likeness (QED) is 0.585. The predicted molar refractivity (Wildman–Crippen MR) is 105 cm³/mol. The molecule has 0 saturated carbocycles. The summed E-state index contributed by atoms with van der Waals surface area (Å²) in [6.45, 7) is 10.2. The first kappa shape index (κ1) is 18.9. The Morgan fingerprint density at radius 3 is 2.00 bits per heavy atom. The van der Waals surface area contributed by atoms with E-state index < -0.39 is 0 Å². The molecule has 0 saturated heterocycles. The van der Waals surface area contributed by atoms with Crippen molar-refractivity contribution in [1.82, 2.24) is 20.6 Å². The van der Waals surface area contributed by atoms with Gasteiger partial charge in [-0.2, -0.15) is 0 Å². The highest BCUT2D eigenvalue weighted by atomic mass is 32.1. The monoisotopic (exact) mass is 365 g/mol. The maximum absolute atomic E-state index is 4.67. The van der Waals surface area contributed by atoms with E-state index in [-0.39, 0.29) is 0 Å². The first-order valence-corrected chi connectivity index (χ1v) is 9.99. The maximum atomic E-state index is 4.67. The van der Waals surface area contributed by atoms with E-state index in [0.717, 1.165) is 44.0 Å². The highest BCUT2D eigenvalue weighted by Gasteiger charge is 2.07. The molecular formula is C17H27N5S2. The number of hydrogen-bond donors (Lipinski definition) is 2. The first-order valence-electron chi connectivity index (χ1n) is 8.36. The molecule has 132 valence electrons. The molecule has 0 atom stereocenters. The molecule has 7 heteroatoms. The summed E-state index contributed by atoms with van der Waals surface area (Å²) in [6, 6.07) is 0. The fraction of sp³-hybridized carbons (Fsp3) is 0.588. The van der Waals surface area contributed by atoms with Gasteiger partial charge in [-0.3, -0.25) is 4.99 Å². The lowest BCUT2D eigenvalue weighted by Crippen LogP contribution is -2.39. The van der Waals surface area contributed by atoms with Crippen molar-refractivity contribution in [3.63, 3.8) is 0 Å². The molecule has 2 rings (SSSR count). The summed E-state index contributed by atoms with van der Waals surface area (Å²) >= 11 is 3.57. The Hall–Kier alpha value is -1.47. The number of aromatic nitrogens is 2. The summed E-state index contributed by atoms with van der Waals surface area (Å²) in [4.78, 5) is 16.2. The van der Waals surface area contributed by atoms with E-state index in [0.29, 0.717) is 0 Å². The van der Waals surface area contributed by atoms with Crippen LogP contribution >= 0.6 is 22.7 Å². The average Bonchev–Trinajstić information content (AvgIpc) is 3.07. The van der Waals surface area contributed by atoms with Crippen LogP contribution in [0.1, 0.15) is 38.1 Å². The second-order valence-corrected chi connectivity index (χ2v) is 8.21. The van der Waals surface area contributed by atoms with Crippen molar-refractivity contribution < 1.29 is 0 Å². The largest absolute Gasteiger partial charge is 0.356 e. The summed E-state index contributed by atoms with van der Waals surface area (Å²) < 4.78 is 0. The predicted octanol–water partition coefficient (Wildman–Crippen LogP) is 3.04. The van der Waals surface area contributed by atoms with Gasteiger partial charge in [0.1, 0.15) is 0 Å². The third-order valence-electron chi connectivity index (χ3n) is 3.83. The van der Waals surface area contributed by atoms with Crippen LogP contribution in [0, 0.1) is 20.8 Å². The van der Waals surface area contributed by atoms with Crippen LogP contribution in [0.15, 0.2) is 4.99 Å². The molecule has 5 nitrogen and oxygen atoms in total. The molecule has 2 heterocycles. The number of guanidine groups is 1. The topological polar surface area (TPSA) is 62.2 Å². The smallest absolute Gasteiger partial charge is 0.191 e. The minimum atomic E-state index is 0.836. The Balaban J connectivity index is 1.72. The van der Waals surface area contributed by atoms with Crippen LogP contribution in [0.5, 0.6) is 0 Å². The Morgan fingerprint density at radius 1 is 0.958 bits per heavy atom. The van der Waals surface area contributed by atoms with Gasteiger partial charge in [-0.05, 0) is 27.2 Å². The molecule has 0 bridgehead atoms. The number of nitrogens with one attached hydrogen (secondary N) is 2. The van der Waals surface area contributed by atoms with Crippen molar-refractivity contribution in [2.45, 2.75) is 47.0 Å². The molecule has 0 unspecified atom stereocenters. The van der Waals surface area contributed by atoms with Crippen molar-refractivity contribution >= 4 is 28.6 Å². The van der Waals surface area contributed by atoms with Crippen LogP contribution in [0.3, 0.4) is 0 Å². The SMILES string of the molecule is CCc1nc(CCNC(=NC)NCCc2nc(C)c(C)s2)sc1C. The van der Waals surface area contributed by atoms with Gasteiger partial charge in [0, 0.05) is 42.7 Å². The summed E-state index contributed by atoms with van der Waals surface area (Å²) in [6.07, 6.45) is 2.86. The minimum absolute atomic E-state index is 0.836. The fourth-order valence-corrected chi connectivity index (χ4v) is 4.32. The molecular weight excluding hydrogens is 338 g/mol. The number of rotatable bonds is 7. The molecule has 0 aliphatic rings. The van der Waals surface area contributed by atoms with Crippen molar-refractivity contribution in [2.24, 2.45) is 4.99 Å². The standard InChI is InChI=1S/C17H27N5S2/c1-6-14-13(4)24-16(22-14)8-10-20-17(18-5)19-9-7-15-21-11(2)12(3)23-15/h6-10H2,1-5H3,(H2,18,19,20). The molecule has 0 aliphatic heterocycles. The maximum Gasteiger partial charge on any atom is 0.191 e. The fourth-order valence-electron chi connectivity index (χ4n) is 2.37. The van der Waals surface area contributed by atoms with Crippen LogP contribution in [0.4, 0.5) is 0 Å². The third-order valence-corrected chi connectivity index (χ3v) is 6.04. The minimum Gasteiger partial charge on any atom is -0.356 e. The second-order valence-electron chi connectivity index (χ2n) is 5.64. The van der Waals surface area contributed by atoms with Gasteiger partial charge >= 0.3 is 0 Å². The van der Waals surface area contributed by atoms with E-state index in [1.807, 2.05) is 0 Å². The first-order chi connectivity index (χ1) is 11.5. The summed E-state index contributed by atoms with van der Waals surface area (Å²) in [5.41, 5.74) is 2.37. The van der Waals surface area contributed by atoms with Crippen LogP contribution in [-0.2, 0) is 19.3 Å². The number of thiazole rings is 2. The lowest BCUT2D eigenvalue weighted by molar-refractivity contribution is 0.778. The zero-order valence-corrected chi connectivity index (χ0v) is 16.8. The molecule has 2 N–H and O–H groups in total. The third kappa shape index (κ3) is 5.27. The summed E-state index contributed by atoms with van der Waals surface area (Å²) in [5.74, 6) is 0.837. The van der Waals surface area contributed by atoms with E-state index >= 15 is 0 Å². The van der Waals surface area contributed by atoms with Crippen molar-refractivity contribution in [2.75, 3.05) is 20.1 Å². The Labute approximate surface area is 152 Å². The lowest BCUT2D eigenvalue weighted by Gasteiger charge is -2.10. The molecule has 0 spiro atoms. The van der Waals surface area contributed by atoms with Gasteiger partial charge in [0.25, 0.3) is 0 Å². The normalized spacial score (nSPS) is 11.8. The van der Waals surface area contributed by atoms with Gasteiger partial charge in [-0.15, -0.1) is 22.7 Å². The number of aryl methyl sites for hydroxylation is 4. The van der Waals surface area contributed by atoms with Gasteiger partial charge in [0.05, 0.1) is 21.4 Å². The van der Waals surface area contributed by atoms with Crippen molar-refractivity contribution in [3.8, 4) is 0 Å². The van der Waals surface area contributed by atoms with E-state index in [9.17, 15) is 0 Å². The van der Waals surface area contributed by atoms with E-state index in [1.54, 1.807) is 29.7 Å². The van der Waals surface area contributed by atoms with Crippen molar-refractivity contribution in [3.05, 3.63) is 31.2 Å². The highest BCUT2D eigenvalue weighted by molar-refractivity contribution is 7.11. The number of hydrogen-bond acceptors (Lipinski definition) is 5. The van der Waals surface area contributed by atoms with Gasteiger partial charge in [-0.25, -0.2) is 9.97 Å². The Bertz CT molecular complexity index is 668. The van der Waals surface area contributed by atoms with Gasteiger partial charge in [0.2, 0.25) is 0 Å². The van der Waals surface area contributed by atoms with E-state index in [2.05, 4.69) is 53.3 Å². The van der Waals surface area contributed by atoms with Crippen LogP contribution in [0.2, 0.25) is 0 Å². The van der Waals surface area contributed by atoms with E-state index in [1.165, 1.54) is 25.5 Å². The zero-order valence-electron chi connectivity index (χ0n) is 15.2. The molecule has 0 radical (unpaired) electrons.